The first-order valence-electron chi connectivity index (χ1n) is 8.55. The number of piperidine rings is 1. The van der Waals surface area contributed by atoms with Gasteiger partial charge in [0.05, 0.1) is 11.3 Å². The van der Waals surface area contributed by atoms with E-state index in [2.05, 4.69) is 22.3 Å². The Kier molecular flexibility index (Phi) is 6.85. The van der Waals surface area contributed by atoms with Crippen molar-refractivity contribution in [3.63, 3.8) is 0 Å². The summed E-state index contributed by atoms with van der Waals surface area (Å²) in [6.07, 6.45) is 2.18. The first-order chi connectivity index (χ1) is 11.7. The molecule has 3 rings (SSSR count). The topological polar surface area (TPSA) is 35.6 Å². The number of para-hydroxylation sites is 2. The van der Waals surface area contributed by atoms with Gasteiger partial charge in [-0.05, 0) is 44.2 Å². The van der Waals surface area contributed by atoms with Crippen molar-refractivity contribution in [2.24, 2.45) is 0 Å². The molecule has 0 aromatic heterocycles. The summed E-state index contributed by atoms with van der Waals surface area (Å²) in [6, 6.07) is 18.4. The van der Waals surface area contributed by atoms with E-state index in [4.69, 9.17) is 0 Å². The number of amides is 1. The summed E-state index contributed by atoms with van der Waals surface area (Å²) in [4.78, 5) is 17.1. The Labute approximate surface area is 156 Å². The molecule has 0 saturated carbocycles. The van der Waals surface area contributed by atoms with E-state index in [1.807, 2.05) is 61.5 Å². The second-order valence-electron chi connectivity index (χ2n) is 6.29. The van der Waals surface area contributed by atoms with Gasteiger partial charge in [-0.15, -0.1) is 12.4 Å². The van der Waals surface area contributed by atoms with Crippen LogP contribution in [0.3, 0.4) is 0 Å². The van der Waals surface area contributed by atoms with Crippen molar-refractivity contribution in [3.05, 3.63) is 60.2 Å². The van der Waals surface area contributed by atoms with Crippen LogP contribution in [0.15, 0.2) is 54.6 Å². The van der Waals surface area contributed by atoms with Gasteiger partial charge in [-0.2, -0.15) is 0 Å². The largest absolute Gasteiger partial charge is 0.344 e. The molecule has 2 aromatic rings. The van der Waals surface area contributed by atoms with Crippen LogP contribution in [0.4, 0.5) is 11.4 Å². The normalized spacial score (nSPS) is 16.9. The van der Waals surface area contributed by atoms with Crippen LogP contribution in [-0.2, 0) is 0 Å². The van der Waals surface area contributed by atoms with Crippen molar-refractivity contribution in [3.8, 4) is 0 Å². The summed E-state index contributed by atoms with van der Waals surface area (Å²) in [5.41, 5.74) is 2.78. The van der Waals surface area contributed by atoms with Crippen LogP contribution in [0.1, 0.15) is 23.2 Å². The van der Waals surface area contributed by atoms with Crippen LogP contribution in [0, 0.1) is 0 Å². The van der Waals surface area contributed by atoms with Gasteiger partial charge in [-0.3, -0.25) is 4.79 Å². The van der Waals surface area contributed by atoms with E-state index in [9.17, 15) is 4.79 Å². The molecule has 1 atom stereocenters. The monoisotopic (exact) mass is 359 g/mol. The lowest BCUT2D eigenvalue weighted by Crippen LogP contribution is -2.47. The third-order valence-corrected chi connectivity index (χ3v) is 4.76. The SMILES string of the molecule is CNC1CCCN(C(=O)c2ccccc2N(C)c2ccccc2)C1.Cl. The van der Waals surface area contributed by atoms with E-state index < -0.39 is 0 Å². The summed E-state index contributed by atoms with van der Waals surface area (Å²) < 4.78 is 0. The summed E-state index contributed by atoms with van der Waals surface area (Å²) in [6.45, 7) is 1.61. The highest BCUT2D eigenvalue weighted by atomic mass is 35.5. The van der Waals surface area contributed by atoms with Gasteiger partial charge < -0.3 is 15.1 Å². The molecule has 1 aliphatic rings. The summed E-state index contributed by atoms with van der Waals surface area (Å²) in [7, 11) is 3.98. The summed E-state index contributed by atoms with van der Waals surface area (Å²) >= 11 is 0. The fourth-order valence-corrected chi connectivity index (χ4v) is 3.31. The number of hydrogen-bond donors (Lipinski definition) is 1. The standard InChI is InChI=1S/C20H25N3O.ClH/c1-21-16-9-8-14-23(15-16)20(24)18-12-6-7-13-19(18)22(2)17-10-4-3-5-11-17;/h3-7,10-13,16,21H,8-9,14-15H2,1-2H3;1H. The van der Waals surface area contributed by atoms with Gasteiger partial charge in [-0.1, -0.05) is 30.3 Å². The average Bonchev–Trinajstić information content (AvgIpc) is 2.67. The lowest BCUT2D eigenvalue weighted by Gasteiger charge is -2.33. The molecule has 4 nitrogen and oxygen atoms in total. The predicted octanol–water partition coefficient (Wildman–Crippen LogP) is 3.70. The molecular weight excluding hydrogens is 334 g/mol. The number of anilines is 2. The van der Waals surface area contributed by atoms with E-state index in [0.29, 0.717) is 6.04 Å². The highest BCUT2D eigenvalue weighted by Crippen LogP contribution is 2.28. The van der Waals surface area contributed by atoms with E-state index in [1.54, 1.807) is 0 Å². The Morgan fingerprint density at radius 1 is 1.12 bits per heavy atom. The summed E-state index contributed by atoms with van der Waals surface area (Å²) in [5, 5.41) is 3.30. The Hall–Kier alpha value is -2.04. The fraction of sp³-hybridized carbons (Fsp3) is 0.350. The Balaban J connectivity index is 0.00000225. The van der Waals surface area contributed by atoms with Gasteiger partial charge in [0.1, 0.15) is 0 Å². The van der Waals surface area contributed by atoms with Crippen LogP contribution in [0.25, 0.3) is 0 Å². The summed E-state index contributed by atoms with van der Waals surface area (Å²) in [5.74, 6) is 0.119. The molecule has 2 aromatic carbocycles. The molecule has 0 aliphatic carbocycles. The molecule has 1 aliphatic heterocycles. The zero-order valence-electron chi connectivity index (χ0n) is 14.8. The number of nitrogens with zero attached hydrogens (tertiary/aromatic N) is 2. The number of nitrogens with one attached hydrogen (secondary N) is 1. The molecule has 1 N–H and O–H groups in total. The van der Waals surface area contributed by atoms with Crippen molar-refractivity contribution >= 4 is 29.7 Å². The van der Waals surface area contributed by atoms with Crippen molar-refractivity contribution in [2.45, 2.75) is 18.9 Å². The fourth-order valence-electron chi connectivity index (χ4n) is 3.31. The predicted molar refractivity (Wildman–Crippen MR) is 106 cm³/mol. The van der Waals surface area contributed by atoms with Gasteiger partial charge in [0.2, 0.25) is 0 Å². The minimum atomic E-state index is 0. The molecule has 5 heteroatoms. The Morgan fingerprint density at radius 3 is 2.52 bits per heavy atom. The highest BCUT2D eigenvalue weighted by Gasteiger charge is 2.25. The molecule has 1 fully saturated rings. The van der Waals surface area contributed by atoms with E-state index in [-0.39, 0.29) is 18.3 Å². The van der Waals surface area contributed by atoms with E-state index in [0.717, 1.165) is 42.9 Å². The number of hydrogen-bond acceptors (Lipinski definition) is 3. The molecule has 0 radical (unpaired) electrons. The maximum atomic E-state index is 13.1. The second kappa shape index (κ2) is 8.88. The third-order valence-electron chi connectivity index (χ3n) is 4.76. The zero-order valence-corrected chi connectivity index (χ0v) is 15.6. The van der Waals surface area contributed by atoms with Crippen molar-refractivity contribution < 1.29 is 4.79 Å². The Morgan fingerprint density at radius 2 is 1.80 bits per heavy atom. The molecular formula is C20H26ClN3O. The Bertz CT molecular complexity index is 692. The maximum Gasteiger partial charge on any atom is 0.256 e. The third kappa shape index (κ3) is 4.33. The van der Waals surface area contributed by atoms with Crippen molar-refractivity contribution in [1.29, 1.82) is 0 Å². The van der Waals surface area contributed by atoms with Gasteiger partial charge >= 0.3 is 0 Å². The number of likely N-dealkylation sites (tertiary alicyclic amines) is 1. The van der Waals surface area contributed by atoms with Crippen molar-refractivity contribution in [2.75, 3.05) is 32.1 Å². The smallest absolute Gasteiger partial charge is 0.256 e. The molecule has 0 spiro atoms. The highest BCUT2D eigenvalue weighted by molar-refractivity contribution is 6.00. The molecule has 1 unspecified atom stereocenters. The molecule has 25 heavy (non-hydrogen) atoms. The van der Waals surface area contributed by atoms with Crippen LogP contribution in [-0.4, -0.2) is 44.0 Å². The molecule has 134 valence electrons. The number of carbonyl (C=O) groups excluding carboxylic acids is 1. The first kappa shape index (κ1) is 19.3. The second-order valence-corrected chi connectivity index (χ2v) is 6.29. The molecule has 0 bridgehead atoms. The van der Waals surface area contributed by atoms with Crippen molar-refractivity contribution in [1.82, 2.24) is 10.2 Å². The number of halogens is 1. The van der Waals surface area contributed by atoms with E-state index in [1.165, 1.54) is 0 Å². The van der Waals surface area contributed by atoms with Crippen LogP contribution >= 0.6 is 12.4 Å². The van der Waals surface area contributed by atoms with Crippen LogP contribution < -0.4 is 10.2 Å². The quantitative estimate of drug-likeness (QED) is 0.904. The molecule has 1 amide bonds. The van der Waals surface area contributed by atoms with Crippen LogP contribution in [0.2, 0.25) is 0 Å². The first-order valence-corrected chi connectivity index (χ1v) is 8.55. The number of likely N-dealkylation sites (N-methyl/N-ethyl adjacent to an activating group) is 1. The average molecular weight is 360 g/mol. The molecule has 1 heterocycles. The maximum absolute atomic E-state index is 13.1. The van der Waals surface area contributed by atoms with Gasteiger partial charge in [0, 0.05) is 31.9 Å². The number of rotatable bonds is 4. The lowest BCUT2D eigenvalue weighted by atomic mass is 10.0. The lowest BCUT2D eigenvalue weighted by molar-refractivity contribution is 0.0699. The van der Waals surface area contributed by atoms with Gasteiger partial charge in [0.25, 0.3) is 5.91 Å². The molecule has 1 saturated heterocycles. The van der Waals surface area contributed by atoms with E-state index >= 15 is 0 Å². The van der Waals surface area contributed by atoms with Gasteiger partial charge in [0.15, 0.2) is 0 Å². The number of benzene rings is 2. The van der Waals surface area contributed by atoms with Crippen LogP contribution in [0.5, 0.6) is 0 Å². The minimum Gasteiger partial charge on any atom is -0.344 e. The zero-order chi connectivity index (χ0) is 16.9. The van der Waals surface area contributed by atoms with Gasteiger partial charge in [-0.25, -0.2) is 0 Å². The minimum absolute atomic E-state index is 0. The number of carbonyl (C=O) groups is 1.